The summed E-state index contributed by atoms with van der Waals surface area (Å²) in [6, 6.07) is 16.6. The Labute approximate surface area is 156 Å². The molecule has 3 aromatic rings. The van der Waals surface area contributed by atoms with E-state index in [0.29, 0.717) is 22.6 Å². The molecule has 3 rings (SSSR count). The lowest BCUT2D eigenvalue weighted by Crippen LogP contribution is -2.28. The van der Waals surface area contributed by atoms with Crippen molar-refractivity contribution in [1.29, 1.82) is 0 Å². The average molecular weight is 368 g/mol. The van der Waals surface area contributed by atoms with E-state index in [-0.39, 0.29) is 24.8 Å². The van der Waals surface area contributed by atoms with Gasteiger partial charge in [0.2, 0.25) is 11.8 Å². The van der Waals surface area contributed by atoms with Gasteiger partial charge in [-0.15, -0.1) is 0 Å². The molecule has 0 atom stereocenters. The number of nitrogens with zero attached hydrogens (tertiary/aromatic N) is 1. The molecule has 0 aliphatic rings. The third kappa shape index (κ3) is 4.80. The smallest absolute Gasteiger partial charge is 0.226 e. The van der Waals surface area contributed by atoms with Crippen LogP contribution in [0.1, 0.15) is 12.0 Å². The number of pyridine rings is 1. The maximum Gasteiger partial charge on any atom is 0.226 e. The first-order valence-electron chi connectivity index (χ1n) is 8.26. The molecule has 0 aliphatic carbocycles. The fraction of sp³-hybridized carbons (Fsp3) is 0.150. The maximum atomic E-state index is 12.2. The molecule has 5 nitrogen and oxygen atoms in total. The van der Waals surface area contributed by atoms with E-state index in [1.54, 1.807) is 18.3 Å². The maximum absolute atomic E-state index is 12.2. The van der Waals surface area contributed by atoms with Crippen molar-refractivity contribution in [3.05, 3.63) is 71.4 Å². The van der Waals surface area contributed by atoms with Gasteiger partial charge in [-0.1, -0.05) is 48.0 Å². The second-order valence-electron chi connectivity index (χ2n) is 5.84. The molecule has 26 heavy (non-hydrogen) atoms. The van der Waals surface area contributed by atoms with E-state index < -0.39 is 0 Å². The van der Waals surface area contributed by atoms with Crippen molar-refractivity contribution in [3.8, 4) is 0 Å². The van der Waals surface area contributed by atoms with Gasteiger partial charge in [-0.2, -0.15) is 0 Å². The van der Waals surface area contributed by atoms with Crippen LogP contribution in [-0.2, 0) is 16.0 Å². The van der Waals surface area contributed by atoms with Crippen LogP contribution in [0.15, 0.2) is 60.8 Å². The van der Waals surface area contributed by atoms with Gasteiger partial charge in [0.15, 0.2) is 0 Å². The van der Waals surface area contributed by atoms with Crippen LogP contribution >= 0.6 is 11.6 Å². The molecule has 2 aromatic carbocycles. The van der Waals surface area contributed by atoms with Crippen molar-refractivity contribution in [2.75, 3.05) is 11.9 Å². The predicted octanol–water partition coefficient (Wildman–Crippen LogP) is 3.58. The van der Waals surface area contributed by atoms with E-state index in [1.165, 1.54) is 0 Å². The lowest BCUT2D eigenvalue weighted by molar-refractivity contribution is -0.120. The van der Waals surface area contributed by atoms with E-state index in [4.69, 9.17) is 11.6 Å². The number of fused-ring (bicyclic) bond motifs is 1. The highest BCUT2D eigenvalue weighted by molar-refractivity contribution is 6.32. The normalized spacial score (nSPS) is 10.5. The Morgan fingerprint density at radius 2 is 1.81 bits per heavy atom. The fourth-order valence-electron chi connectivity index (χ4n) is 2.62. The molecule has 6 heteroatoms. The van der Waals surface area contributed by atoms with Gasteiger partial charge in [0.25, 0.3) is 0 Å². The Morgan fingerprint density at radius 1 is 1.00 bits per heavy atom. The summed E-state index contributed by atoms with van der Waals surface area (Å²) in [6.45, 7) is 0.267. The number of halogens is 1. The zero-order chi connectivity index (χ0) is 18.4. The lowest BCUT2D eigenvalue weighted by atomic mass is 10.1. The minimum atomic E-state index is -0.209. The van der Waals surface area contributed by atoms with Crippen LogP contribution in [0.3, 0.4) is 0 Å². The first kappa shape index (κ1) is 17.9. The second-order valence-corrected chi connectivity index (χ2v) is 6.28. The number of rotatable bonds is 6. The van der Waals surface area contributed by atoms with Crippen molar-refractivity contribution >= 4 is 40.0 Å². The Balaban J connectivity index is 1.53. The number of anilines is 1. The highest BCUT2D eigenvalue weighted by atomic mass is 35.5. The molecule has 0 bridgehead atoms. The van der Waals surface area contributed by atoms with Gasteiger partial charge in [0.05, 0.1) is 17.6 Å². The summed E-state index contributed by atoms with van der Waals surface area (Å²) in [6.07, 6.45) is 2.13. The van der Waals surface area contributed by atoms with E-state index >= 15 is 0 Å². The molecule has 1 aromatic heterocycles. The highest BCUT2D eigenvalue weighted by Gasteiger charge is 2.09. The topological polar surface area (TPSA) is 71.1 Å². The van der Waals surface area contributed by atoms with Crippen LogP contribution in [0.25, 0.3) is 10.9 Å². The zero-order valence-electron chi connectivity index (χ0n) is 14.0. The molecule has 2 amide bonds. The Bertz CT molecular complexity index is 929. The Hall–Kier alpha value is -2.92. The molecule has 0 saturated carbocycles. The van der Waals surface area contributed by atoms with Crippen LogP contribution < -0.4 is 10.6 Å². The number of carbonyl (C=O) groups excluding carboxylic acids is 2. The molecule has 0 saturated heterocycles. The number of hydrogen-bond acceptors (Lipinski definition) is 3. The van der Waals surface area contributed by atoms with Crippen LogP contribution in [-0.4, -0.2) is 23.3 Å². The molecule has 1 heterocycles. The summed E-state index contributed by atoms with van der Waals surface area (Å²) in [7, 11) is 0. The summed E-state index contributed by atoms with van der Waals surface area (Å²) in [5.74, 6) is -0.321. The molecule has 132 valence electrons. The van der Waals surface area contributed by atoms with Gasteiger partial charge < -0.3 is 10.6 Å². The van der Waals surface area contributed by atoms with Gasteiger partial charge >= 0.3 is 0 Å². The van der Waals surface area contributed by atoms with E-state index in [0.717, 1.165) is 10.9 Å². The van der Waals surface area contributed by atoms with Crippen LogP contribution in [0.2, 0.25) is 5.02 Å². The highest BCUT2D eigenvalue weighted by Crippen LogP contribution is 2.26. The van der Waals surface area contributed by atoms with Crippen LogP contribution in [0.4, 0.5) is 5.69 Å². The summed E-state index contributed by atoms with van der Waals surface area (Å²) < 4.78 is 0. The third-order valence-corrected chi connectivity index (χ3v) is 4.04. The van der Waals surface area contributed by atoms with Crippen LogP contribution in [0.5, 0.6) is 0 Å². The molecular weight excluding hydrogens is 350 g/mol. The van der Waals surface area contributed by atoms with Crippen molar-refractivity contribution in [1.82, 2.24) is 10.3 Å². The first-order chi connectivity index (χ1) is 12.6. The van der Waals surface area contributed by atoms with Gasteiger partial charge in [-0.25, -0.2) is 0 Å². The molecular formula is C20H18ClN3O2. The third-order valence-electron chi connectivity index (χ3n) is 3.83. The number of benzene rings is 2. The van der Waals surface area contributed by atoms with E-state index in [2.05, 4.69) is 15.6 Å². The first-order valence-corrected chi connectivity index (χ1v) is 8.64. The van der Waals surface area contributed by atoms with E-state index in [9.17, 15) is 9.59 Å². The average Bonchev–Trinajstić information content (AvgIpc) is 2.62. The van der Waals surface area contributed by atoms with Gasteiger partial charge in [0.1, 0.15) is 0 Å². The largest absolute Gasteiger partial charge is 0.355 e. The fourth-order valence-corrected chi connectivity index (χ4v) is 2.85. The Kier molecular flexibility index (Phi) is 5.81. The van der Waals surface area contributed by atoms with Gasteiger partial charge in [-0.3, -0.25) is 14.6 Å². The second kappa shape index (κ2) is 8.45. The molecule has 0 aliphatic heterocycles. The van der Waals surface area contributed by atoms with Crippen molar-refractivity contribution in [2.24, 2.45) is 0 Å². The molecule has 2 N–H and O–H groups in total. The summed E-state index contributed by atoms with van der Waals surface area (Å²) in [4.78, 5) is 28.4. The van der Waals surface area contributed by atoms with E-state index in [1.807, 2.05) is 42.5 Å². The number of carbonyl (C=O) groups is 2. The number of amides is 2. The predicted molar refractivity (Wildman–Crippen MR) is 103 cm³/mol. The molecule has 0 unspecified atom stereocenters. The standard InChI is InChI=1S/C20H18ClN3O2/c21-16-12-15-7-4-9-23-20(15)17(13-16)24-18(25)8-10-22-19(26)11-14-5-2-1-3-6-14/h1-7,9,12-13H,8,10-11H2,(H,22,26)(H,24,25). The monoisotopic (exact) mass is 367 g/mol. The summed E-state index contributed by atoms with van der Waals surface area (Å²) in [5.41, 5.74) is 2.18. The summed E-state index contributed by atoms with van der Waals surface area (Å²) in [5, 5.41) is 6.95. The zero-order valence-corrected chi connectivity index (χ0v) is 14.8. The van der Waals surface area contributed by atoms with Gasteiger partial charge in [-0.05, 0) is 23.8 Å². The Morgan fingerprint density at radius 3 is 2.62 bits per heavy atom. The van der Waals surface area contributed by atoms with Gasteiger partial charge in [0, 0.05) is 29.6 Å². The molecule has 0 radical (unpaired) electrons. The minimum absolute atomic E-state index is 0.112. The summed E-state index contributed by atoms with van der Waals surface area (Å²) >= 11 is 6.09. The van der Waals surface area contributed by atoms with Crippen molar-refractivity contribution in [2.45, 2.75) is 12.8 Å². The molecule has 0 spiro atoms. The number of aromatic nitrogens is 1. The molecule has 0 fully saturated rings. The van der Waals surface area contributed by atoms with Crippen LogP contribution in [0, 0.1) is 0 Å². The van der Waals surface area contributed by atoms with Crippen molar-refractivity contribution in [3.63, 3.8) is 0 Å². The lowest BCUT2D eigenvalue weighted by Gasteiger charge is -2.09. The van der Waals surface area contributed by atoms with Crippen molar-refractivity contribution < 1.29 is 9.59 Å². The SMILES string of the molecule is O=C(Cc1ccccc1)NCCC(=O)Nc1cc(Cl)cc2cccnc12. The quantitative estimate of drug-likeness (QED) is 0.699. The minimum Gasteiger partial charge on any atom is -0.355 e. The number of nitrogens with one attached hydrogen (secondary N) is 2. The number of hydrogen-bond donors (Lipinski definition) is 2.